The molecule has 0 unspecified atom stereocenters. The van der Waals surface area contributed by atoms with Crippen LogP contribution in [0.2, 0.25) is 0 Å². The van der Waals surface area contributed by atoms with Crippen molar-refractivity contribution in [1.29, 1.82) is 0 Å². The van der Waals surface area contributed by atoms with Crippen molar-refractivity contribution in [3.05, 3.63) is 170 Å². The molecule has 0 amide bonds. The molecule has 0 nitrogen and oxygen atoms in total. The fourth-order valence-electron chi connectivity index (χ4n) is 8.75. The summed E-state index contributed by atoms with van der Waals surface area (Å²) in [7, 11) is 0. The Morgan fingerprint density at radius 2 is 0.577 bits per heavy atom. The van der Waals surface area contributed by atoms with E-state index in [-0.39, 0.29) is 0 Å². The zero-order chi connectivity index (χ0) is 33.9. The highest BCUT2D eigenvalue weighted by Gasteiger charge is 2.16. The second-order valence-corrected chi connectivity index (χ2v) is 16.2. The lowest BCUT2D eigenvalue weighted by Gasteiger charge is -2.12. The maximum Gasteiger partial charge on any atom is 0.0361 e. The lowest BCUT2D eigenvalue weighted by atomic mass is 9.91. The molecule has 2 heteroatoms. The van der Waals surface area contributed by atoms with Crippen LogP contribution in [-0.4, -0.2) is 0 Å². The largest absolute Gasteiger partial charge is 0.135 e. The summed E-state index contributed by atoms with van der Waals surface area (Å²) < 4.78 is 5.35. The average Bonchev–Trinajstić information content (AvgIpc) is 3.73. The fourth-order valence-corrected chi connectivity index (χ4v) is 11.1. The van der Waals surface area contributed by atoms with Gasteiger partial charge in [-0.2, -0.15) is 0 Å². The Kier molecular flexibility index (Phi) is 5.90. The third-order valence-electron chi connectivity index (χ3n) is 11.1. The van der Waals surface area contributed by atoms with E-state index in [0.717, 1.165) is 0 Å². The lowest BCUT2D eigenvalue weighted by molar-refractivity contribution is 1.72. The first kappa shape index (κ1) is 28.6. The molecule has 0 N–H and O–H groups in total. The van der Waals surface area contributed by atoms with Gasteiger partial charge in [-0.25, -0.2) is 0 Å². The number of hydrogen-bond donors (Lipinski definition) is 0. The van der Waals surface area contributed by atoms with E-state index in [2.05, 4.69) is 170 Å². The first-order chi connectivity index (χ1) is 25.7. The third kappa shape index (κ3) is 4.14. The molecule has 0 aliphatic rings. The Labute approximate surface area is 307 Å². The zero-order valence-corrected chi connectivity index (χ0v) is 29.6. The van der Waals surface area contributed by atoms with Gasteiger partial charge >= 0.3 is 0 Å². The molecule has 0 saturated carbocycles. The van der Waals surface area contributed by atoms with Gasteiger partial charge in [0, 0.05) is 40.3 Å². The molecule has 0 atom stereocenters. The Bertz CT molecular complexity index is 3130. The summed E-state index contributed by atoms with van der Waals surface area (Å²) in [5.74, 6) is 0. The van der Waals surface area contributed by atoms with Crippen molar-refractivity contribution >= 4 is 117 Å². The van der Waals surface area contributed by atoms with Crippen LogP contribution in [0.15, 0.2) is 170 Å². The molecular weight excluding hydrogens is 665 g/mol. The highest BCUT2D eigenvalue weighted by atomic mass is 32.1. The SMILES string of the molecule is c1ccc2c(-c3ccc4c(c3)sc3cc5cc6sc7cc(-c8c9ccccc9cc9ccccc89)ccc7c6cc5cc34)c3ccccc3cc2c1. The maximum atomic E-state index is 2.43. The fraction of sp³-hybridized carbons (Fsp3) is 0. The number of fused-ring (bicyclic) bond motifs is 11. The van der Waals surface area contributed by atoms with Gasteiger partial charge in [0.25, 0.3) is 0 Å². The molecule has 2 heterocycles. The van der Waals surface area contributed by atoms with Crippen molar-refractivity contribution in [3.8, 4) is 22.3 Å². The number of benzene rings is 10. The molecular formula is C50H28S2. The summed E-state index contributed by atoms with van der Waals surface area (Å²) in [6, 6.07) is 63.7. The van der Waals surface area contributed by atoms with E-state index < -0.39 is 0 Å². The summed E-state index contributed by atoms with van der Waals surface area (Å²) in [6.45, 7) is 0. The van der Waals surface area contributed by atoms with Gasteiger partial charge in [0.15, 0.2) is 0 Å². The first-order valence-electron chi connectivity index (χ1n) is 17.8. The molecule has 10 aromatic carbocycles. The Hall–Kier alpha value is -6.06. The van der Waals surface area contributed by atoms with Gasteiger partial charge in [-0.15, -0.1) is 22.7 Å². The van der Waals surface area contributed by atoms with Crippen LogP contribution >= 0.6 is 22.7 Å². The van der Waals surface area contributed by atoms with Gasteiger partial charge in [-0.05, 0) is 125 Å². The molecule has 0 bridgehead atoms. The normalized spacial score (nSPS) is 12.2. The predicted octanol–water partition coefficient (Wildman–Crippen LogP) is 15.5. The summed E-state index contributed by atoms with van der Waals surface area (Å²) in [5, 5.41) is 18.3. The van der Waals surface area contributed by atoms with E-state index >= 15 is 0 Å². The van der Waals surface area contributed by atoms with Crippen LogP contribution in [0.5, 0.6) is 0 Å². The molecule has 12 rings (SSSR count). The Balaban J connectivity index is 1.02. The minimum Gasteiger partial charge on any atom is -0.135 e. The molecule has 0 aliphatic heterocycles. The molecule has 12 aromatic rings. The highest BCUT2D eigenvalue weighted by Crippen LogP contribution is 2.45. The number of thiophene rings is 2. The van der Waals surface area contributed by atoms with Gasteiger partial charge in [0.2, 0.25) is 0 Å². The highest BCUT2D eigenvalue weighted by molar-refractivity contribution is 7.26. The molecule has 0 saturated heterocycles. The van der Waals surface area contributed by atoms with Crippen LogP contribution in [0.4, 0.5) is 0 Å². The van der Waals surface area contributed by atoms with Crippen molar-refractivity contribution in [2.45, 2.75) is 0 Å². The molecule has 52 heavy (non-hydrogen) atoms. The Morgan fingerprint density at radius 1 is 0.231 bits per heavy atom. The quantitative estimate of drug-likeness (QED) is 0.158. The maximum absolute atomic E-state index is 2.43. The minimum atomic E-state index is 1.28. The second-order valence-electron chi connectivity index (χ2n) is 14.1. The molecule has 0 aliphatic carbocycles. The third-order valence-corrected chi connectivity index (χ3v) is 13.4. The topological polar surface area (TPSA) is 0 Å². The molecule has 2 aromatic heterocycles. The summed E-state index contributed by atoms with van der Waals surface area (Å²) in [4.78, 5) is 0. The second kappa shape index (κ2) is 10.7. The van der Waals surface area contributed by atoms with Crippen LogP contribution in [0.3, 0.4) is 0 Å². The van der Waals surface area contributed by atoms with E-state index in [9.17, 15) is 0 Å². The number of hydrogen-bond acceptors (Lipinski definition) is 2. The van der Waals surface area contributed by atoms with Crippen molar-refractivity contribution in [3.63, 3.8) is 0 Å². The van der Waals surface area contributed by atoms with Crippen molar-refractivity contribution in [2.24, 2.45) is 0 Å². The van der Waals surface area contributed by atoms with E-state index in [0.29, 0.717) is 0 Å². The average molecular weight is 693 g/mol. The van der Waals surface area contributed by atoms with Crippen molar-refractivity contribution in [1.82, 2.24) is 0 Å². The van der Waals surface area contributed by atoms with Gasteiger partial charge in [-0.3, -0.25) is 0 Å². The van der Waals surface area contributed by atoms with Crippen LogP contribution in [0.1, 0.15) is 0 Å². The monoisotopic (exact) mass is 692 g/mol. The van der Waals surface area contributed by atoms with Crippen molar-refractivity contribution < 1.29 is 0 Å². The summed E-state index contributed by atoms with van der Waals surface area (Å²) in [5.41, 5.74) is 5.20. The summed E-state index contributed by atoms with van der Waals surface area (Å²) >= 11 is 3.82. The standard InChI is InChI=1S/C50H28S2/c1-5-13-37-29(9-1)21-30-10-2-6-14-38(30)49(37)33-17-19-41-43-23-35-24-44-42-20-18-34(26-46(42)52-48(44)28-36(35)27-47(43)51-45(41)25-33)50-39-15-7-3-11-31(39)22-32-12-4-8-16-40(32)50/h1-28H. The van der Waals surface area contributed by atoms with E-state index in [1.807, 2.05) is 22.7 Å². The van der Waals surface area contributed by atoms with E-state index in [4.69, 9.17) is 0 Å². The minimum absolute atomic E-state index is 1.28. The number of rotatable bonds is 2. The van der Waals surface area contributed by atoms with Gasteiger partial charge in [0.05, 0.1) is 0 Å². The smallest absolute Gasteiger partial charge is 0.0361 e. The Morgan fingerprint density at radius 3 is 0.981 bits per heavy atom. The zero-order valence-electron chi connectivity index (χ0n) is 28.0. The molecule has 0 fully saturated rings. The van der Waals surface area contributed by atoms with E-state index in [1.54, 1.807) is 0 Å². The van der Waals surface area contributed by atoms with Crippen LogP contribution in [-0.2, 0) is 0 Å². The van der Waals surface area contributed by atoms with Crippen LogP contribution in [0.25, 0.3) is 116 Å². The molecule has 0 spiro atoms. The van der Waals surface area contributed by atoms with E-state index in [1.165, 1.54) is 116 Å². The van der Waals surface area contributed by atoms with Gasteiger partial charge in [-0.1, -0.05) is 121 Å². The van der Waals surface area contributed by atoms with Gasteiger partial charge in [0.1, 0.15) is 0 Å². The molecule has 0 radical (unpaired) electrons. The van der Waals surface area contributed by atoms with Crippen LogP contribution < -0.4 is 0 Å². The first-order valence-corrected chi connectivity index (χ1v) is 19.4. The van der Waals surface area contributed by atoms with Gasteiger partial charge < -0.3 is 0 Å². The summed E-state index contributed by atoms with van der Waals surface area (Å²) in [6.07, 6.45) is 0. The molecule has 240 valence electrons. The predicted molar refractivity (Wildman–Crippen MR) is 231 cm³/mol. The van der Waals surface area contributed by atoms with Crippen LogP contribution in [0, 0.1) is 0 Å². The van der Waals surface area contributed by atoms with Crippen molar-refractivity contribution in [2.75, 3.05) is 0 Å². The lowest BCUT2D eigenvalue weighted by Crippen LogP contribution is -1.85.